The number of likely N-dealkylation sites (tertiary alicyclic amines) is 1. The Hall–Kier alpha value is -4.69. The Morgan fingerprint density at radius 1 is 1.13 bits per heavy atom. The highest BCUT2D eigenvalue weighted by molar-refractivity contribution is 5.94. The monoisotopic (exact) mass is 628 g/mol. The maximum absolute atomic E-state index is 14.2. The van der Waals surface area contributed by atoms with Crippen molar-refractivity contribution in [2.75, 3.05) is 32.5 Å². The third-order valence-electron chi connectivity index (χ3n) is 7.40. The van der Waals surface area contributed by atoms with Crippen molar-refractivity contribution in [2.45, 2.75) is 58.9 Å². The van der Waals surface area contributed by atoms with E-state index in [0.29, 0.717) is 40.2 Å². The average molecular weight is 629 g/mol. The number of nitrogens with one attached hydrogen (secondary N) is 2. The summed E-state index contributed by atoms with van der Waals surface area (Å²) in [4.78, 5) is 44.6. The summed E-state index contributed by atoms with van der Waals surface area (Å²) in [6.07, 6.45) is -2.89. The lowest BCUT2D eigenvalue weighted by Crippen LogP contribution is -2.53. The minimum Gasteiger partial charge on any atom is -0.444 e. The number of alkyl halides is 3. The molecule has 0 radical (unpaired) electrons. The van der Waals surface area contributed by atoms with Crippen molar-refractivity contribution >= 4 is 29.0 Å². The summed E-state index contributed by atoms with van der Waals surface area (Å²) in [7, 11) is 3.24. The fraction of sp³-hybridized carbons (Fsp3) is 0.467. The van der Waals surface area contributed by atoms with Crippen LogP contribution in [-0.2, 0) is 15.7 Å². The molecule has 1 aliphatic heterocycles. The molecule has 0 bridgehead atoms. The zero-order valence-corrected chi connectivity index (χ0v) is 26.0. The fourth-order valence-corrected chi connectivity index (χ4v) is 5.46. The van der Waals surface area contributed by atoms with Gasteiger partial charge in [-0.15, -0.1) is 0 Å². The quantitative estimate of drug-likeness (QED) is 0.296. The lowest BCUT2D eigenvalue weighted by atomic mass is 9.93. The normalized spacial score (nSPS) is 17.4. The number of aryl methyl sites for hydroxylation is 2. The number of rotatable bonds is 5. The van der Waals surface area contributed by atoms with Crippen LogP contribution in [-0.4, -0.2) is 85.7 Å². The number of halogens is 3. The van der Waals surface area contributed by atoms with Crippen molar-refractivity contribution in [1.82, 2.24) is 34.9 Å². The van der Waals surface area contributed by atoms with Gasteiger partial charge in [-0.25, -0.2) is 19.7 Å². The van der Waals surface area contributed by atoms with Gasteiger partial charge in [0.1, 0.15) is 22.6 Å². The Labute approximate surface area is 257 Å². The standard InChI is InChI=1S/C30H35F3N8O4/c1-15-23(16(2)45-39-15)22-9-8-19-20(11-34-25(19)37-22)24-21(30(31,32)33)12-35-27(38-24)36-18-10-17(26(42)40(6)7)13-41(14-18)28(43)44-29(3,4)5/h8-9,11-12,17-18H,10,13-14H2,1-7H3,(H,34,37)(H,35,36,38)/t17-,18+/m1/s1. The van der Waals surface area contributed by atoms with Gasteiger partial charge in [0.05, 0.1) is 28.6 Å². The third-order valence-corrected chi connectivity index (χ3v) is 7.40. The Kier molecular flexibility index (Phi) is 8.23. The van der Waals surface area contributed by atoms with Crippen LogP contribution in [0, 0.1) is 19.8 Å². The molecule has 5 rings (SSSR count). The topological polar surface area (TPSA) is 142 Å². The summed E-state index contributed by atoms with van der Waals surface area (Å²) >= 11 is 0. The molecule has 0 aromatic carbocycles. The summed E-state index contributed by atoms with van der Waals surface area (Å²) in [5.74, 6) is -0.273. The fourth-order valence-electron chi connectivity index (χ4n) is 5.46. The molecule has 4 aromatic rings. The first-order valence-electron chi connectivity index (χ1n) is 14.3. The van der Waals surface area contributed by atoms with Gasteiger partial charge in [0, 0.05) is 56.6 Å². The molecule has 2 amide bonds. The predicted octanol–water partition coefficient (Wildman–Crippen LogP) is 5.44. The molecule has 1 saturated heterocycles. The summed E-state index contributed by atoms with van der Waals surface area (Å²) < 4.78 is 53.4. The van der Waals surface area contributed by atoms with E-state index in [4.69, 9.17) is 9.26 Å². The van der Waals surface area contributed by atoms with Crippen LogP contribution in [0.15, 0.2) is 29.0 Å². The second-order valence-electron chi connectivity index (χ2n) is 12.3. The Balaban J connectivity index is 1.49. The molecular weight excluding hydrogens is 593 g/mol. The van der Waals surface area contributed by atoms with E-state index >= 15 is 0 Å². The number of H-pyrrole nitrogens is 1. The van der Waals surface area contributed by atoms with E-state index in [2.05, 4.69) is 30.4 Å². The van der Waals surface area contributed by atoms with Crippen LogP contribution in [0.25, 0.3) is 33.5 Å². The molecule has 1 fully saturated rings. The Morgan fingerprint density at radius 2 is 1.87 bits per heavy atom. The number of carbonyl (C=O) groups is 2. The number of hydrogen-bond acceptors (Lipinski definition) is 9. The predicted molar refractivity (Wildman–Crippen MR) is 159 cm³/mol. The van der Waals surface area contributed by atoms with Crippen LogP contribution in [0.5, 0.6) is 0 Å². The Morgan fingerprint density at radius 3 is 2.49 bits per heavy atom. The lowest BCUT2D eigenvalue weighted by Gasteiger charge is -2.38. The molecule has 0 unspecified atom stereocenters. The number of piperidine rings is 1. The minimum absolute atomic E-state index is 0.0836. The smallest absolute Gasteiger partial charge is 0.419 e. The number of pyridine rings is 1. The highest BCUT2D eigenvalue weighted by Gasteiger charge is 2.38. The molecule has 4 aromatic heterocycles. The molecular formula is C30H35F3N8O4. The first-order valence-corrected chi connectivity index (χ1v) is 14.3. The van der Waals surface area contributed by atoms with E-state index in [1.807, 2.05) is 0 Å². The highest BCUT2D eigenvalue weighted by Crippen LogP contribution is 2.39. The van der Waals surface area contributed by atoms with Gasteiger partial charge in [-0.3, -0.25) is 4.79 Å². The lowest BCUT2D eigenvalue weighted by molar-refractivity contribution is -0.137. The number of amides is 2. The number of ether oxygens (including phenoxy) is 1. The second-order valence-corrected chi connectivity index (χ2v) is 12.3. The number of carbonyl (C=O) groups excluding carboxylic acids is 2. The number of aromatic amines is 1. The summed E-state index contributed by atoms with van der Waals surface area (Å²) in [5, 5.41) is 7.44. The molecule has 0 spiro atoms. The SMILES string of the molecule is Cc1noc(C)c1-c1ccc2c(-c3nc(N[C@H]4C[C@@H](C(=O)N(C)C)CN(C(=O)OC(C)(C)C)C4)ncc3C(F)(F)F)c[nH]c2n1. The molecule has 12 nitrogen and oxygen atoms in total. The highest BCUT2D eigenvalue weighted by atomic mass is 19.4. The van der Waals surface area contributed by atoms with Crippen LogP contribution in [0.2, 0.25) is 0 Å². The van der Waals surface area contributed by atoms with Gasteiger partial charge >= 0.3 is 12.3 Å². The number of aromatic nitrogens is 5. The van der Waals surface area contributed by atoms with Gasteiger partial charge in [0.15, 0.2) is 0 Å². The number of fused-ring (bicyclic) bond motifs is 1. The second kappa shape index (κ2) is 11.7. The maximum Gasteiger partial charge on any atom is 0.419 e. The zero-order chi connectivity index (χ0) is 32.8. The van der Waals surface area contributed by atoms with Gasteiger partial charge in [0.25, 0.3) is 0 Å². The molecule has 240 valence electrons. The van der Waals surface area contributed by atoms with Crippen molar-refractivity contribution in [1.29, 1.82) is 0 Å². The minimum atomic E-state index is -4.75. The van der Waals surface area contributed by atoms with Gasteiger partial charge < -0.3 is 29.4 Å². The molecule has 15 heteroatoms. The average Bonchev–Trinajstić information content (AvgIpc) is 3.52. The van der Waals surface area contributed by atoms with E-state index in [1.54, 1.807) is 60.8 Å². The first-order chi connectivity index (χ1) is 21.0. The summed E-state index contributed by atoms with van der Waals surface area (Å²) in [6.45, 7) is 9.02. The number of hydrogen-bond donors (Lipinski definition) is 2. The van der Waals surface area contributed by atoms with E-state index in [1.165, 1.54) is 16.0 Å². The van der Waals surface area contributed by atoms with Crippen molar-refractivity contribution in [3.63, 3.8) is 0 Å². The van der Waals surface area contributed by atoms with Crippen molar-refractivity contribution < 1.29 is 32.0 Å². The van der Waals surface area contributed by atoms with Gasteiger partial charge in [-0.05, 0) is 53.2 Å². The number of anilines is 1. The zero-order valence-electron chi connectivity index (χ0n) is 26.0. The van der Waals surface area contributed by atoms with Crippen LogP contribution in [0.4, 0.5) is 23.9 Å². The van der Waals surface area contributed by atoms with E-state index in [0.717, 1.165) is 6.20 Å². The molecule has 2 atom stereocenters. The molecule has 1 aliphatic rings. The molecule has 0 aliphatic carbocycles. The van der Waals surface area contributed by atoms with E-state index in [-0.39, 0.29) is 36.2 Å². The summed E-state index contributed by atoms with van der Waals surface area (Å²) in [5.41, 5.74) is 0.306. The maximum atomic E-state index is 14.2. The van der Waals surface area contributed by atoms with Gasteiger partial charge in [-0.2, -0.15) is 13.2 Å². The summed E-state index contributed by atoms with van der Waals surface area (Å²) in [6, 6.07) is 2.81. The molecule has 0 saturated carbocycles. The van der Waals surface area contributed by atoms with Gasteiger partial charge in [-0.1, -0.05) is 5.16 Å². The van der Waals surface area contributed by atoms with E-state index in [9.17, 15) is 22.8 Å². The molecule has 2 N–H and O–H groups in total. The van der Waals surface area contributed by atoms with Crippen molar-refractivity contribution in [3.8, 4) is 22.5 Å². The van der Waals surface area contributed by atoms with Crippen LogP contribution < -0.4 is 5.32 Å². The van der Waals surface area contributed by atoms with Crippen molar-refractivity contribution in [3.05, 3.63) is 41.5 Å². The van der Waals surface area contributed by atoms with Gasteiger partial charge in [0.2, 0.25) is 11.9 Å². The number of nitrogens with zero attached hydrogens (tertiary/aromatic N) is 6. The van der Waals surface area contributed by atoms with Crippen LogP contribution in [0.1, 0.15) is 44.2 Å². The Bertz CT molecular complexity index is 1720. The third kappa shape index (κ3) is 6.71. The van der Waals surface area contributed by atoms with Crippen molar-refractivity contribution in [2.24, 2.45) is 5.92 Å². The van der Waals surface area contributed by atoms with Crippen LogP contribution >= 0.6 is 0 Å². The first kappa shape index (κ1) is 31.7. The van der Waals surface area contributed by atoms with E-state index < -0.39 is 35.4 Å². The largest absolute Gasteiger partial charge is 0.444 e. The molecule has 45 heavy (non-hydrogen) atoms. The molecule has 5 heterocycles. The van der Waals surface area contributed by atoms with Crippen LogP contribution in [0.3, 0.4) is 0 Å².